The van der Waals surface area contributed by atoms with Crippen molar-refractivity contribution >= 4 is 29.0 Å². The molecule has 0 aliphatic carbocycles. The summed E-state index contributed by atoms with van der Waals surface area (Å²) in [5, 5.41) is 7.90. The number of hydrogen-bond acceptors (Lipinski definition) is 4. The van der Waals surface area contributed by atoms with Gasteiger partial charge in [0.1, 0.15) is 11.3 Å². The number of anilines is 2. The van der Waals surface area contributed by atoms with Crippen molar-refractivity contribution in [2.24, 2.45) is 0 Å². The number of fused-ring (bicyclic) bond motifs is 1. The first-order valence-corrected chi connectivity index (χ1v) is 10.6. The molecule has 0 bridgehead atoms. The van der Waals surface area contributed by atoms with Gasteiger partial charge in [0.15, 0.2) is 0 Å². The van der Waals surface area contributed by atoms with E-state index in [1.54, 1.807) is 47.9 Å². The second-order valence-corrected chi connectivity index (χ2v) is 7.88. The molecule has 4 aromatic rings. The van der Waals surface area contributed by atoms with Crippen molar-refractivity contribution in [3.63, 3.8) is 0 Å². The minimum atomic E-state index is -4.57. The number of aromatic nitrogens is 3. The van der Waals surface area contributed by atoms with E-state index in [1.165, 1.54) is 6.20 Å². The second kappa shape index (κ2) is 9.45. The van der Waals surface area contributed by atoms with Gasteiger partial charge < -0.3 is 16.0 Å². The van der Waals surface area contributed by atoms with Crippen molar-refractivity contribution < 1.29 is 22.8 Å². The van der Waals surface area contributed by atoms with Crippen molar-refractivity contribution in [3.8, 4) is 0 Å². The van der Waals surface area contributed by atoms with Gasteiger partial charge in [-0.25, -0.2) is 9.78 Å². The summed E-state index contributed by atoms with van der Waals surface area (Å²) in [5.41, 5.74) is 2.00. The second-order valence-electron chi connectivity index (χ2n) is 7.88. The molecule has 180 valence electrons. The van der Waals surface area contributed by atoms with Crippen molar-refractivity contribution in [1.82, 2.24) is 19.7 Å². The van der Waals surface area contributed by atoms with Crippen LogP contribution < -0.4 is 16.0 Å². The first kappa shape index (κ1) is 23.7. The van der Waals surface area contributed by atoms with Gasteiger partial charge in [-0.3, -0.25) is 14.2 Å². The van der Waals surface area contributed by atoms with Gasteiger partial charge >= 0.3 is 12.2 Å². The predicted molar refractivity (Wildman–Crippen MR) is 124 cm³/mol. The first-order chi connectivity index (χ1) is 16.6. The van der Waals surface area contributed by atoms with Crippen LogP contribution in [-0.2, 0) is 6.18 Å². The lowest BCUT2D eigenvalue weighted by Crippen LogP contribution is -2.31. The fourth-order valence-electron chi connectivity index (χ4n) is 3.44. The van der Waals surface area contributed by atoms with Crippen molar-refractivity contribution in [3.05, 3.63) is 89.6 Å². The van der Waals surface area contributed by atoms with Crippen LogP contribution in [0, 0.1) is 6.92 Å². The Morgan fingerprint density at radius 2 is 1.83 bits per heavy atom. The summed E-state index contributed by atoms with van der Waals surface area (Å²) >= 11 is 0. The van der Waals surface area contributed by atoms with Crippen LogP contribution in [0.25, 0.3) is 5.65 Å². The van der Waals surface area contributed by atoms with Gasteiger partial charge in [0.25, 0.3) is 5.91 Å². The summed E-state index contributed by atoms with van der Waals surface area (Å²) in [4.78, 5) is 33.0. The van der Waals surface area contributed by atoms with Gasteiger partial charge in [0, 0.05) is 18.1 Å². The van der Waals surface area contributed by atoms with Gasteiger partial charge in [0.05, 0.1) is 29.7 Å². The number of hydrogen-bond donors (Lipinski definition) is 3. The minimum Gasteiger partial charge on any atom is -0.331 e. The molecule has 0 saturated heterocycles. The Morgan fingerprint density at radius 3 is 2.60 bits per heavy atom. The minimum absolute atomic E-state index is 0.0885. The van der Waals surface area contributed by atoms with Crippen LogP contribution >= 0.6 is 0 Å². The third-order valence-corrected chi connectivity index (χ3v) is 5.33. The summed E-state index contributed by atoms with van der Waals surface area (Å²) in [6, 6.07) is 10.3. The maximum atomic E-state index is 12.9. The van der Waals surface area contributed by atoms with Crippen LogP contribution in [0.2, 0.25) is 0 Å². The van der Waals surface area contributed by atoms with E-state index in [9.17, 15) is 22.8 Å². The van der Waals surface area contributed by atoms with E-state index in [4.69, 9.17) is 0 Å². The molecular weight excluding hydrogens is 461 g/mol. The number of carbonyl (C=O) groups is 2. The number of rotatable bonds is 5. The molecule has 0 saturated carbocycles. The molecule has 0 unspecified atom stereocenters. The number of nitrogens with zero attached hydrogens (tertiary/aromatic N) is 3. The van der Waals surface area contributed by atoms with Gasteiger partial charge in [-0.05, 0) is 49.2 Å². The van der Waals surface area contributed by atoms with E-state index in [1.807, 2.05) is 13.0 Å². The van der Waals surface area contributed by atoms with Gasteiger partial charge in [0.2, 0.25) is 0 Å². The van der Waals surface area contributed by atoms with Crippen molar-refractivity contribution in [1.29, 1.82) is 0 Å². The molecule has 0 aliphatic heterocycles. The number of amides is 3. The number of nitrogens with one attached hydrogen (secondary N) is 3. The summed E-state index contributed by atoms with van der Waals surface area (Å²) < 4.78 is 40.3. The zero-order valence-electron chi connectivity index (χ0n) is 18.7. The topological polar surface area (TPSA) is 100 Å². The van der Waals surface area contributed by atoms with Crippen LogP contribution in [0.15, 0.2) is 67.3 Å². The maximum absolute atomic E-state index is 12.9. The third-order valence-electron chi connectivity index (χ3n) is 5.33. The number of aryl methyl sites for hydroxylation is 1. The molecule has 0 fully saturated rings. The Morgan fingerprint density at radius 1 is 1.03 bits per heavy atom. The average Bonchev–Trinajstić information content (AvgIpc) is 3.24. The molecule has 0 spiro atoms. The number of urea groups is 1. The molecule has 11 heteroatoms. The lowest BCUT2D eigenvalue weighted by atomic mass is 10.0. The highest BCUT2D eigenvalue weighted by atomic mass is 19.4. The summed E-state index contributed by atoms with van der Waals surface area (Å²) in [5.74, 6) is -0.348. The highest BCUT2D eigenvalue weighted by molar-refractivity contribution is 6.04. The van der Waals surface area contributed by atoms with Crippen LogP contribution in [0.4, 0.5) is 29.3 Å². The summed E-state index contributed by atoms with van der Waals surface area (Å²) in [6.07, 6.45) is 0.465. The Balaban J connectivity index is 1.45. The van der Waals surface area contributed by atoms with Crippen LogP contribution in [0.5, 0.6) is 0 Å². The van der Waals surface area contributed by atoms with E-state index in [2.05, 4.69) is 25.9 Å². The number of alkyl halides is 3. The zero-order chi connectivity index (χ0) is 25.2. The molecule has 8 nitrogen and oxygen atoms in total. The standard InChI is InChI=1S/C24H21F3N6O2/c1-14-6-7-16(9-19(14)32-22(34)20-13-29-21-5-3-4-8-33(20)21)15(2)30-23(35)31-18-10-17(11-28-12-18)24(25,26)27/h3-13,15H,1-2H3,(H,32,34)(H2,30,31,35)/t15-/m0/s1. The number of imidazole rings is 1. The Kier molecular flexibility index (Phi) is 6.41. The number of pyridine rings is 2. The van der Waals surface area contributed by atoms with Crippen LogP contribution in [0.3, 0.4) is 0 Å². The summed E-state index contributed by atoms with van der Waals surface area (Å²) in [6.45, 7) is 3.55. The monoisotopic (exact) mass is 482 g/mol. The molecular formula is C24H21F3N6O2. The molecule has 0 aliphatic rings. The average molecular weight is 482 g/mol. The fraction of sp³-hybridized carbons (Fsp3) is 0.167. The SMILES string of the molecule is Cc1ccc([C@H](C)NC(=O)Nc2cncc(C(F)(F)F)c2)cc1NC(=O)c1cnc2ccccn12. The number of halogens is 3. The van der Waals surface area contributed by atoms with E-state index < -0.39 is 23.8 Å². The quantitative estimate of drug-likeness (QED) is 0.364. The summed E-state index contributed by atoms with van der Waals surface area (Å²) in [7, 11) is 0. The lowest BCUT2D eigenvalue weighted by molar-refractivity contribution is -0.137. The largest absolute Gasteiger partial charge is 0.417 e. The maximum Gasteiger partial charge on any atom is 0.417 e. The molecule has 1 aromatic carbocycles. The van der Waals surface area contributed by atoms with Gasteiger partial charge in [-0.2, -0.15) is 13.2 Å². The highest BCUT2D eigenvalue weighted by Gasteiger charge is 2.31. The first-order valence-electron chi connectivity index (χ1n) is 10.6. The number of benzene rings is 1. The molecule has 1 atom stereocenters. The van der Waals surface area contributed by atoms with E-state index in [0.29, 0.717) is 28.8 Å². The smallest absolute Gasteiger partial charge is 0.331 e. The van der Waals surface area contributed by atoms with Gasteiger partial charge in [-0.1, -0.05) is 18.2 Å². The molecule has 4 rings (SSSR count). The molecule has 3 amide bonds. The lowest BCUT2D eigenvalue weighted by Gasteiger charge is -2.18. The van der Waals surface area contributed by atoms with Crippen molar-refractivity contribution in [2.75, 3.05) is 10.6 Å². The third kappa shape index (κ3) is 5.40. The molecule has 0 radical (unpaired) electrons. The Hall–Kier alpha value is -4.41. The molecule has 3 aromatic heterocycles. The van der Waals surface area contributed by atoms with Crippen molar-refractivity contribution in [2.45, 2.75) is 26.1 Å². The predicted octanol–water partition coefficient (Wildman–Crippen LogP) is 5.19. The van der Waals surface area contributed by atoms with E-state index in [-0.39, 0.29) is 11.6 Å². The number of carbonyl (C=O) groups excluding carboxylic acids is 2. The van der Waals surface area contributed by atoms with Gasteiger partial charge in [-0.15, -0.1) is 0 Å². The highest BCUT2D eigenvalue weighted by Crippen LogP contribution is 2.30. The van der Waals surface area contributed by atoms with E-state index in [0.717, 1.165) is 17.8 Å². The fourth-order valence-corrected chi connectivity index (χ4v) is 3.44. The van der Waals surface area contributed by atoms with E-state index >= 15 is 0 Å². The normalized spacial score (nSPS) is 12.3. The zero-order valence-corrected chi connectivity index (χ0v) is 18.7. The Labute approximate surface area is 198 Å². The van der Waals surface area contributed by atoms with Crippen LogP contribution in [0.1, 0.15) is 40.1 Å². The Bertz CT molecular complexity index is 1400. The van der Waals surface area contributed by atoms with Crippen LogP contribution in [-0.4, -0.2) is 26.3 Å². The molecule has 3 heterocycles. The molecule has 3 N–H and O–H groups in total. The molecule has 35 heavy (non-hydrogen) atoms.